The summed E-state index contributed by atoms with van der Waals surface area (Å²) in [6, 6.07) is 4.86. The van der Waals surface area contributed by atoms with Crippen LogP contribution in [0.25, 0.3) is 0 Å². The minimum atomic E-state index is 0.111. The molecule has 2 rings (SSSR count). The van der Waals surface area contributed by atoms with Gasteiger partial charge >= 0.3 is 0 Å². The van der Waals surface area contributed by atoms with Crippen LogP contribution in [0.5, 0.6) is 0 Å². The van der Waals surface area contributed by atoms with Crippen molar-refractivity contribution in [2.24, 2.45) is 11.8 Å². The van der Waals surface area contributed by atoms with Crippen molar-refractivity contribution in [1.82, 2.24) is 0 Å². The molecule has 1 aliphatic carbocycles. The zero-order valence-electron chi connectivity index (χ0n) is 10.7. The van der Waals surface area contributed by atoms with Crippen molar-refractivity contribution in [2.45, 2.75) is 74.8 Å². The van der Waals surface area contributed by atoms with Crippen LogP contribution < -0.4 is 0 Å². The first-order chi connectivity index (χ1) is 7.79. The lowest BCUT2D eigenvalue weighted by Crippen LogP contribution is -2.28. The molecule has 16 heavy (non-hydrogen) atoms. The highest BCUT2D eigenvalue weighted by molar-refractivity contribution is 9.09. The highest BCUT2D eigenvalue weighted by Gasteiger charge is 2.30. The molecule has 0 aromatic heterocycles. The zero-order chi connectivity index (χ0) is 11.4. The summed E-state index contributed by atoms with van der Waals surface area (Å²) in [4.78, 5) is 0.840. The van der Waals surface area contributed by atoms with Crippen LogP contribution in [0.2, 0.25) is 18.1 Å². The number of halogens is 1. The van der Waals surface area contributed by atoms with E-state index in [0.29, 0.717) is 0 Å². The van der Waals surface area contributed by atoms with Crippen molar-refractivity contribution >= 4 is 24.7 Å². The minimum absolute atomic E-state index is 0.111. The minimum Gasteiger partial charge on any atom is -0.0891 e. The molecule has 0 nitrogen and oxygen atoms in total. The summed E-state index contributed by atoms with van der Waals surface area (Å²) in [7, 11) is 0.111. The molecule has 0 spiro atoms. The smallest absolute Gasteiger partial charge is 0.0479 e. The van der Waals surface area contributed by atoms with Gasteiger partial charge in [0.15, 0.2) is 0 Å². The second-order valence-corrected chi connectivity index (χ2v) is 10.1. The van der Waals surface area contributed by atoms with Crippen LogP contribution in [-0.2, 0) is 0 Å². The molecule has 2 fully saturated rings. The predicted octanol–water partition coefficient (Wildman–Crippen LogP) is 5.25. The molecule has 1 radical (unpaired) electrons. The Hall–Kier alpha value is 0.697. The van der Waals surface area contributed by atoms with Gasteiger partial charge in [0.2, 0.25) is 0 Å². The summed E-state index contributed by atoms with van der Waals surface area (Å²) < 4.78 is 0. The van der Waals surface area contributed by atoms with Crippen LogP contribution >= 0.6 is 15.9 Å². The molecule has 0 aromatic rings. The first-order valence-corrected chi connectivity index (χ1v) is 10.3. The Bertz CT molecular complexity index is 191. The van der Waals surface area contributed by atoms with E-state index in [1.54, 1.807) is 31.0 Å². The second kappa shape index (κ2) is 6.58. The van der Waals surface area contributed by atoms with Gasteiger partial charge in [0, 0.05) is 13.6 Å². The Balaban J connectivity index is 1.72. The maximum Gasteiger partial charge on any atom is 0.0479 e. The van der Waals surface area contributed by atoms with Crippen molar-refractivity contribution in [2.75, 3.05) is 0 Å². The molecular weight excluding hydrogens is 276 g/mol. The van der Waals surface area contributed by atoms with E-state index in [0.717, 1.165) is 16.7 Å². The van der Waals surface area contributed by atoms with Crippen molar-refractivity contribution in [3.8, 4) is 0 Å². The van der Waals surface area contributed by atoms with E-state index in [1.807, 2.05) is 0 Å². The van der Waals surface area contributed by atoms with Gasteiger partial charge in [0.25, 0.3) is 0 Å². The Kier molecular flexibility index (Phi) is 5.40. The molecule has 0 N–H and O–H groups in total. The molecule has 93 valence electrons. The molecule has 1 aliphatic heterocycles. The lowest BCUT2D eigenvalue weighted by Gasteiger charge is -2.36. The lowest BCUT2D eigenvalue weighted by molar-refractivity contribution is 0.234. The van der Waals surface area contributed by atoms with Crippen LogP contribution in [-0.4, -0.2) is 13.6 Å². The molecule has 0 unspecified atom stereocenters. The normalized spacial score (nSPS) is 34.1. The van der Waals surface area contributed by atoms with Gasteiger partial charge < -0.3 is 0 Å². The standard InChI is InChI=1S/C14H26BrSi/c1-2-9-16-10-7-13(8-11-16)12-3-5-14(15)6-4-12/h12-14H,2-11H2,1H3. The van der Waals surface area contributed by atoms with Crippen molar-refractivity contribution in [3.63, 3.8) is 0 Å². The molecule has 0 bridgehead atoms. The third kappa shape index (κ3) is 3.59. The molecule has 0 atom stereocenters. The van der Waals surface area contributed by atoms with Gasteiger partial charge in [-0.05, 0) is 37.5 Å². The molecule has 2 heteroatoms. The highest BCUT2D eigenvalue weighted by atomic mass is 79.9. The molecule has 0 amide bonds. The number of alkyl halides is 1. The van der Waals surface area contributed by atoms with Gasteiger partial charge in [-0.2, -0.15) is 0 Å². The first-order valence-electron chi connectivity index (χ1n) is 7.27. The van der Waals surface area contributed by atoms with Gasteiger partial charge in [0.1, 0.15) is 0 Å². The maximum atomic E-state index is 3.77. The monoisotopic (exact) mass is 301 g/mol. The summed E-state index contributed by atoms with van der Waals surface area (Å²) in [5.74, 6) is 2.21. The van der Waals surface area contributed by atoms with Crippen molar-refractivity contribution in [3.05, 3.63) is 0 Å². The van der Waals surface area contributed by atoms with Crippen LogP contribution in [0.3, 0.4) is 0 Å². The van der Waals surface area contributed by atoms with Gasteiger partial charge in [0.05, 0.1) is 0 Å². The maximum absolute atomic E-state index is 3.77. The van der Waals surface area contributed by atoms with Crippen LogP contribution in [0.4, 0.5) is 0 Å². The van der Waals surface area contributed by atoms with Crippen LogP contribution in [0.1, 0.15) is 51.9 Å². The van der Waals surface area contributed by atoms with E-state index in [2.05, 4.69) is 22.9 Å². The largest absolute Gasteiger partial charge is 0.0891 e. The molecule has 2 aliphatic rings. The number of rotatable bonds is 3. The van der Waals surface area contributed by atoms with E-state index < -0.39 is 0 Å². The van der Waals surface area contributed by atoms with E-state index in [4.69, 9.17) is 0 Å². The van der Waals surface area contributed by atoms with Gasteiger partial charge in [-0.1, -0.05) is 60.2 Å². The molecule has 1 saturated carbocycles. The van der Waals surface area contributed by atoms with Crippen molar-refractivity contribution < 1.29 is 0 Å². The predicted molar refractivity (Wildman–Crippen MR) is 77.9 cm³/mol. The van der Waals surface area contributed by atoms with Crippen LogP contribution in [0.15, 0.2) is 0 Å². The quantitative estimate of drug-likeness (QED) is 0.493. The molecule has 1 heterocycles. The highest BCUT2D eigenvalue weighted by Crippen LogP contribution is 2.40. The zero-order valence-corrected chi connectivity index (χ0v) is 13.3. The average molecular weight is 302 g/mol. The summed E-state index contributed by atoms with van der Waals surface area (Å²) in [5.41, 5.74) is 0. The summed E-state index contributed by atoms with van der Waals surface area (Å²) in [6.07, 6.45) is 10.5. The molecular formula is C14H26BrSi. The SMILES string of the molecule is CCC[Si]1CCC(C2CCC(Br)CC2)CC1. The summed E-state index contributed by atoms with van der Waals surface area (Å²) in [6.45, 7) is 2.36. The van der Waals surface area contributed by atoms with Crippen molar-refractivity contribution in [1.29, 1.82) is 0 Å². The second-order valence-electron chi connectivity index (χ2n) is 5.85. The summed E-state index contributed by atoms with van der Waals surface area (Å²) >= 11 is 3.77. The Morgan fingerprint density at radius 1 is 0.938 bits per heavy atom. The fourth-order valence-corrected chi connectivity index (χ4v) is 7.22. The van der Waals surface area contributed by atoms with E-state index in [9.17, 15) is 0 Å². The third-order valence-electron chi connectivity index (χ3n) is 4.71. The Morgan fingerprint density at radius 3 is 2.06 bits per heavy atom. The van der Waals surface area contributed by atoms with Gasteiger partial charge in [-0.15, -0.1) is 0 Å². The Morgan fingerprint density at radius 2 is 1.50 bits per heavy atom. The third-order valence-corrected chi connectivity index (χ3v) is 8.82. The van der Waals surface area contributed by atoms with E-state index in [1.165, 1.54) is 32.1 Å². The first kappa shape index (κ1) is 13.1. The fourth-order valence-electron chi connectivity index (χ4n) is 3.67. The Labute approximate surface area is 111 Å². The van der Waals surface area contributed by atoms with Gasteiger partial charge in [-0.25, -0.2) is 0 Å². The summed E-state index contributed by atoms with van der Waals surface area (Å²) in [5, 5.41) is 0. The number of hydrogen-bond donors (Lipinski definition) is 0. The van der Waals surface area contributed by atoms with E-state index in [-0.39, 0.29) is 8.80 Å². The molecule has 1 saturated heterocycles. The van der Waals surface area contributed by atoms with E-state index >= 15 is 0 Å². The van der Waals surface area contributed by atoms with Crippen LogP contribution in [0, 0.1) is 11.8 Å². The lowest BCUT2D eigenvalue weighted by atomic mass is 9.77. The number of hydrogen-bond acceptors (Lipinski definition) is 0. The van der Waals surface area contributed by atoms with Gasteiger partial charge in [-0.3, -0.25) is 0 Å². The fraction of sp³-hybridized carbons (Fsp3) is 1.00. The average Bonchev–Trinajstić information content (AvgIpc) is 2.32. The topological polar surface area (TPSA) is 0 Å². The molecule has 0 aromatic carbocycles.